The molecule has 0 fully saturated rings. The van der Waals surface area contributed by atoms with Gasteiger partial charge in [0.25, 0.3) is 0 Å². The lowest BCUT2D eigenvalue weighted by Crippen LogP contribution is -2.12. The van der Waals surface area contributed by atoms with Crippen molar-refractivity contribution in [2.45, 2.75) is 6.18 Å². The normalized spacial score (nSPS) is 12.0. The average Bonchev–Trinajstić information content (AvgIpc) is 3.02. The molecule has 0 radical (unpaired) electrons. The molecule has 1 heterocycles. The molecule has 0 atom stereocenters. The van der Waals surface area contributed by atoms with E-state index in [9.17, 15) is 18.0 Å². The van der Waals surface area contributed by atoms with Crippen LogP contribution in [0.1, 0.15) is 16.1 Å². The van der Waals surface area contributed by atoms with E-state index in [1.165, 1.54) is 24.3 Å². The van der Waals surface area contributed by atoms with Gasteiger partial charge in [-0.3, -0.25) is 0 Å². The molecule has 4 aromatic rings. The minimum Gasteiger partial charge on any atom is -0.478 e. The molecule has 0 bridgehead atoms. The van der Waals surface area contributed by atoms with Crippen LogP contribution < -0.4 is 0 Å². The first-order valence-electron chi connectivity index (χ1n) is 7.80. The van der Waals surface area contributed by atoms with Crippen LogP contribution in [0.4, 0.5) is 13.2 Å². The first-order chi connectivity index (χ1) is 12.4. The number of aromatic carboxylic acids is 1. The lowest BCUT2D eigenvalue weighted by Gasteiger charge is -2.14. The van der Waals surface area contributed by atoms with Crippen molar-refractivity contribution in [1.82, 2.24) is 4.57 Å². The van der Waals surface area contributed by atoms with Gasteiger partial charge in [0.15, 0.2) is 0 Å². The van der Waals surface area contributed by atoms with Crippen molar-refractivity contribution < 1.29 is 23.1 Å². The molecule has 1 N–H and O–H groups in total. The van der Waals surface area contributed by atoms with Gasteiger partial charge in [-0.2, -0.15) is 13.2 Å². The van der Waals surface area contributed by atoms with Crippen LogP contribution in [0.15, 0.2) is 66.7 Å². The summed E-state index contributed by atoms with van der Waals surface area (Å²) in [5.41, 5.74) is -0.384. The number of carboxylic acids is 1. The summed E-state index contributed by atoms with van der Waals surface area (Å²) in [7, 11) is 0. The fourth-order valence-electron chi connectivity index (χ4n) is 3.23. The zero-order chi connectivity index (χ0) is 18.5. The van der Waals surface area contributed by atoms with Gasteiger partial charge in [-0.05, 0) is 41.1 Å². The van der Waals surface area contributed by atoms with Gasteiger partial charge in [0.2, 0.25) is 0 Å². The highest BCUT2D eigenvalue weighted by Crippen LogP contribution is 2.38. The number of hydrogen-bond donors (Lipinski definition) is 1. The summed E-state index contributed by atoms with van der Waals surface area (Å²) in [6.45, 7) is 0. The van der Waals surface area contributed by atoms with Gasteiger partial charge >= 0.3 is 12.1 Å². The molecule has 0 spiro atoms. The van der Waals surface area contributed by atoms with Crippen LogP contribution in [0.2, 0.25) is 0 Å². The highest BCUT2D eigenvalue weighted by Gasteiger charge is 2.36. The molecule has 130 valence electrons. The van der Waals surface area contributed by atoms with Gasteiger partial charge in [-0.25, -0.2) is 4.79 Å². The topological polar surface area (TPSA) is 42.2 Å². The van der Waals surface area contributed by atoms with Crippen molar-refractivity contribution in [3.63, 3.8) is 0 Å². The van der Waals surface area contributed by atoms with Gasteiger partial charge in [-0.1, -0.05) is 36.4 Å². The second kappa shape index (κ2) is 5.62. The number of carbonyl (C=O) groups is 1. The molecule has 0 saturated carbocycles. The summed E-state index contributed by atoms with van der Waals surface area (Å²) in [6, 6.07) is 17.2. The third-order valence-corrected chi connectivity index (χ3v) is 4.35. The van der Waals surface area contributed by atoms with Crippen molar-refractivity contribution in [2.75, 3.05) is 0 Å². The Hall–Kier alpha value is -3.28. The summed E-state index contributed by atoms with van der Waals surface area (Å²) in [6.07, 6.45) is -4.58. The van der Waals surface area contributed by atoms with Gasteiger partial charge in [0.1, 0.15) is 5.69 Å². The third-order valence-electron chi connectivity index (χ3n) is 4.35. The predicted molar refractivity (Wildman–Crippen MR) is 92.7 cm³/mol. The summed E-state index contributed by atoms with van der Waals surface area (Å²) < 4.78 is 42.1. The lowest BCUT2D eigenvalue weighted by molar-refractivity contribution is -0.142. The number of nitrogens with zero attached hydrogens (tertiary/aromatic N) is 1. The minimum atomic E-state index is -4.58. The molecule has 1 aromatic heterocycles. The maximum Gasteiger partial charge on any atom is 0.431 e. The van der Waals surface area contributed by atoms with Crippen LogP contribution in [0.5, 0.6) is 0 Å². The zero-order valence-corrected chi connectivity index (χ0v) is 13.3. The molecular formula is C20H12F3NO2. The summed E-state index contributed by atoms with van der Waals surface area (Å²) in [4.78, 5) is 11.2. The van der Waals surface area contributed by atoms with E-state index < -0.39 is 17.8 Å². The minimum absolute atomic E-state index is 0.0711. The number of halogens is 3. The predicted octanol–water partition coefficient (Wildman–Crippen LogP) is 5.50. The van der Waals surface area contributed by atoms with Crippen LogP contribution in [0.25, 0.3) is 27.4 Å². The van der Waals surface area contributed by atoms with Crippen molar-refractivity contribution in [2.24, 2.45) is 0 Å². The second-order valence-corrected chi connectivity index (χ2v) is 5.94. The SMILES string of the molecule is O=C(O)c1cccc(-n2c(C(F)(F)F)cc3c4ccccc4ccc32)c1. The third kappa shape index (κ3) is 2.50. The van der Waals surface area contributed by atoms with E-state index in [4.69, 9.17) is 5.11 Å². The largest absolute Gasteiger partial charge is 0.478 e. The Kier molecular flexibility index (Phi) is 3.50. The monoisotopic (exact) mass is 355 g/mol. The molecule has 0 aliphatic heterocycles. The van der Waals surface area contributed by atoms with E-state index in [-0.39, 0.29) is 11.3 Å². The van der Waals surface area contributed by atoms with E-state index in [0.29, 0.717) is 16.3 Å². The molecule has 4 rings (SSSR count). The average molecular weight is 355 g/mol. The maximum atomic E-state index is 13.7. The fourth-order valence-corrected chi connectivity index (χ4v) is 3.23. The molecule has 0 aliphatic carbocycles. The number of aromatic nitrogens is 1. The highest BCUT2D eigenvalue weighted by atomic mass is 19.4. The number of rotatable bonds is 2. The Labute approximate surface area is 145 Å². The molecular weight excluding hydrogens is 343 g/mol. The van der Waals surface area contributed by atoms with Gasteiger partial charge in [0.05, 0.1) is 11.1 Å². The van der Waals surface area contributed by atoms with Crippen LogP contribution in [-0.4, -0.2) is 15.6 Å². The highest BCUT2D eigenvalue weighted by molar-refractivity contribution is 6.07. The van der Waals surface area contributed by atoms with Crippen LogP contribution in [0.3, 0.4) is 0 Å². The van der Waals surface area contributed by atoms with Crippen LogP contribution >= 0.6 is 0 Å². The quantitative estimate of drug-likeness (QED) is 0.516. The van der Waals surface area contributed by atoms with Crippen molar-refractivity contribution in [1.29, 1.82) is 0 Å². The smallest absolute Gasteiger partial charge is 0.431 e. The number of alkyl halides is 3. The second-order valence-electron chi connectivity index (χ2n) is 5.94. The van der Waals surface area contributed by atoms with Crippen molar-refractivity contribution in [3.8, 4) is 5.69 Å². The Morgan fingerprint density at radius 1 is 0.885 bits per heavy atom. The number of carboxylic acid groups (broad SMARTS) is 1. The van der Waals surface area contributed by atoms with E-state index in [1.54, 1.807) is 24.3 Å². The summed E-state index contributed by atoms with van der Waals surface area (Å²) >= 11 is 0. The van der Waals surface area contributed by atoms with Gasteiger partial charge in [-0.15, -0.1) is 0 Å². The van der Waals surface area contributed by atoms with E-state index in [0.717, 1.165) is 16.0 Å². The van der Waals surface area contributed by atoms with Crippen molar-refractivity contribution in [3.05, 3.63) is 78.0 Å². The Morgan fingerprint density at radius 2 is 1.65 bits per heavy atom. The Morgan fingerprint density at radius 3 is 2.38 bits per heavy atom. The molecule has 6 heteroatoms. The van der Waals surface area contributed by atoms with Crippen molar-refractivity contribution >= 4 is 27.6 Å². The first kappa shape index (κ1) is 16.2. The summed E-state index contributed by atoms with van der Waals surface area (Å²) in [5, 5.41) is 11.2. The number of benzene rings is 3. The molecule has 0 aliphatic rings. The number of fused-ring (bicyclic) bond motifs is 3. The maximum absolute atomic E-state index is 13.7. The Bertz CT molecular complexity index is 1160. The standard InChI is InChI=1S/C20H12F3NO2/c21-20(22,23)18-11-16-15-7-2-1-4-12(15)8-9-17(16)24(18)14-6-3-5-13(10-14)19(25)26/h1-11H,(H,25,26). The number of hydrogen-bond acceptors (Lipinski definition) is 1. The molecule has 0 unspecified atom stereocenters. The molecule has 3 aromatic carbocycles. The Balaban J connectivity index is 2.11. The van der Waals surface area contributed by atoms with Crippen LogP contribution in [-0.2, 0) is 6.18 Å². The van der Waals surface area contributed by atoms with Crippen LogP contribution in [0, 0.1) is 0 Å². The van der Waals surface area contributed by atoms with E-state index in [1.807, 2.05) is 12.1 Å². The fraction of sp³-hybridized carbons (Fsp3) is 0.0500. The zero-order valence-electron chi connectivity index (χ0n) is 13.3. The van der Waals surface area contributed by atoms with E-state index in [2.05, 4.69) is 0 Å². The molecule has 26 heavy (non-hydrogen) atoms. The molecule has 0 saturated heterocycles. The first-order valence-corrected chi connectivity index (χ1v) is 7.80. The summed E-state index contributed by atoms with van der Waals surface area (Å²) in [5.74, 6) is -1.19. The molecule has 0 amide bonds. The van der Waals surface area contributed by atoms with Gasteiger partial charge in [0, 0.05) is 11.1 Å². The van der Waals surface area contributed by atoms with Gasteiger partial charge < -0.3 is 9.67 Å². The molecule has 3 nitrogen and oxygen atoms in total. The van der Waals surface area contributed by atoms with E-state index >= 15 is 0 Å². The lowest BCUT2D eigenvalue weighted by atomic mass is 10.1.